The minimum absolute atomic E-state index is 0.145. The van der Waals surface area contributed by atoms with Gasteiger partial charge in [-0.2, -0.15) is 0 Å². The van der Waals surface area contributed by atoms with Gasteiger partial charge in [0.25, 0.3) is 0 Å². The van der Waals surface area contributed by atoms with Gasteiger partial charge >= 0.3 is 5.97 Å². The van der Waals surface area contributed by atoms with Crippen molar-refractivity contribution < 1.29 is 9.90 Å². The average molecular weight is 242 g/mol. The van der Waals surface area contributed by atoms with Crippen LogP contribution in [0.1, 0.15) is 49.6 Å². The van der Waals surface area contributed by atoms with Crippen LogP contribution >= 0.6 is 11.6 Å². The number of hydrogen-bond donors (Lipinski definition) is 1. The Hall–Kier alpha value is -0.960. The van der Waals surface area contributed by atoms with Gasteiger partial charge in [0.1, 0.15) is 5.69 Å². The second-order valence-corrected chi connectivity index (χ2v) is 5.59. The Morgan fingerprint density at radius 3 is 2.81 bits per heavy atom. The van der Waals surface area contributed by atoms with Gasteiger partial charge in [-0.05, 0) is 24.3 Å². The van der Waals surface area contributed by atoms with Crippen LogP contribution in [-0.2, 0) is 0 Å². The highest BCUT2D eigenvalue weighted by atomic mass is 35.5. The van der Waals surface area contributed by atoms with Crippen molar-refractivity contribution in [1.82, 2.24) is 4.57 Å². The summed E-state index contributed by atoms with van der Waals surface area (Å²) in [5, 5.41) is 9.63. The van der Waals surface area contributed by atoms with Crippen LogP contribution in [0.25, 0.3) is 0 Å². The molecule has 1 aliphatic carbocycles. The third-order valence-electron chi connectivity index (χ3n) is 3.57. The van der Waals surface area contributed by atoms with E-state index in [0.29, 0.717) is 10.7 Å². The van der Waals surface area contributed by atoms with Gasteiger partial charge < -0.3 is 9.67 Å². The molecule has 0 bridgehead atoms. The van der Waals surface area contributed by atoms with E-state index >= 15 is 0 Å². The summed E-state index contributed by atoms with van der Waals surface area (Å²) in [6.45, 7) is 4.37. The molecule has 1 saturated carbocycles. The number of halogens is 1. The molecule has 1 aliphatic rings. The molecule has 1 aromatic rings. The lowest BCUT2D eigenvalue weighted by Gasteiger charge is -2.29. The normalized spacial score (nSPS) is 23.6. The molecule has 0 aromatic carbocycles. The van der Waals surface area contributed by atoms with E-state index < -0.39 is 5.97 Å². The smallest absolute Gasteiger partial charge is 0.352 e. The Morgan fingerprint density at radius 1 is 1.62 bits per heavy atom. The molecule has 1 unspecified atom stereocenters. The maximum absolute atomic E-state index is 11.1. The third-order valence-corrected chi connectivity index (χ3v) is 3.78. The van der Waals surface area contributed by atoms with Gasteiger partial charge in [-0.3, -0.25) is 0 Å². The van der Waals surface area contributed by atoms with E-state index in [9.17, 15) is 4.79 Å². The zero-order valence-electron chi connectivity index (χ0n) is 9.53. The maximum Gasteiger partial charge on any atom is 0.352 e. The van der Waals surface area contributed by atoms with Crippen molar-refractivity contribution in [2.75, 3.05) is 0 Å². The molecular weight excluding hydrogens is 226 g/mol. The van der Waals surface area contributed by atoms with Crippen molar-refractivity contribution in [3.8, 4) is 0 Å². The van der Waals surface area contributed by atoms with Crippen LogP contribution in [0.15, 0.2) is 12.3 Å². The number of aromatic nitrogens is 1. The van der Waals surface area contributed by atoms with E-state index in [-0.39, 0.29) is 11.5 Å². The van der Waals surface area contributed by atoms with E-state index in [1.54, 1.807) is 6.20 Å². The first-order valence-corrected chi connectivity index (χ1v) is 5.90. The SMILES string of the molecule is CC1(C)CCCC1n1cc(Cl)cc1C(=O)O. The zero-order chi connectivity index (χ0) is 11.9. The van der Waals surface area contributed by atoms with Crippen LogP contribution < -0.4 is 0 Å². The molecular formula is C12H16ClNO2. The van der Waals surface area contributed by atoms with Crippen molar-refractivity contribution in [2.45, 2.75) is 39.2 Å². The first kappa shape index (κ1) is 11.5. The lowest BCUT2D eigenvalue weighted by atomic mass is 9.87. The quantitative estimate of drug-likeness (QED) is 0.860. The number of carbonyl (C=O) groups is 1. The summed E-state index contributed by atoms with van der Waals surface area (Å²) in [6, 6.07) is 1.77. The number of carboxylic acids is 1. The highest BCUT2D eigenvalue weighted by molar-refractivity contribution is 6.30. The number of carboxylic acid groups (broad SMARTS) is 1. The summed E-state index contributed by atoms with van der Waals surface area (Å²) in [5.41, 5.74) is 0.442. The largest absolute Gasteiger partial charge is 0.477 e. The molecule has 1 atom stereocenters. The molecule has 4 heteroatoms. The summed E-state index contributed by atoms with van der Waals surface area (Å²) >= 11 is 5.90. The second-order valence-electron chi connectivity index (χ2n) is 5.15. The Morgan fingerprint density at radius 2 is 2.31 bits per heavy atom. The summed E-state index contributed by atoms with van der Waals surface area (Å²) < 4.78 is 1.83. The molecule has 2 rings (SSSR count). The number of hydrogen-bond acceptors (Lipinski definition) is 1. The monoisotopic (exact) mass is 241 g/mol. The number of nitrogens with zero attached hydrogens (tertiary/aromatic N) is 1. The number of aromatic carboxylic acids is 1. The minimum atomic E-state index is -0.908. The van der Waals surface area contributed by atoms with Gasteiger partial charge in [0.15, 0.2) is 0 Å². The number of rotatable bonds is 2. The molecule has 0 spiro atoms. The van der Waals surface area contributed by atoms with Crippen molar-refractivity contribution in [3.05, 3.63) is 23.0 Å². The van der Waals surface area contributed by atoms with E-state index in [2.05, 4.69) is 13.8 Å². The fourth-order valence-corrected chi connectivity index (χ4v) is 2.91. The van der Waals surface area contributed by atoms with Crippen molar-refractivity contribution in [1.29, 1.82) is 0 Å². The average Bonchev–Trinajstić information content (AvgIpc) is 2.68. The standard InChI is InChI=1S/C12H16ClNO2/c1-12(2)5-3-4-10(12)14-7-8(13)6-9(14)11(15)16/h6-7,10H,3-5H2,1-2H3,(H,15,16). The topological polar surface area (TPSA) is 42.2 Å². The first-order chi connectivity index (χ1) is 7.42. The van der Waals surface area contributed by atoms with Crippen molar-refractivity contribution in [2.24, 2.45) is 5.41 Å². The molecule has 0 saturated heterocycles. The lowest BCUT2D eigenvalue weighted by molar-refractivity contribution is 0.0678. The van der Waals surface area contributed by atoms with Gasteiger partial charge in [-0.1, -0.05) is 31.9 Å². The van der Waals surface area contributed by atoms with Gasteiger partial charge in [-0.25, -0.2) is 4.79 Å². The Kier molecular flexibility index (Phi) is 2.74. The van der Waals surface area contributed by atoms with Crippen LogP contribution in [-0.4, -0.2) is 15.6 Å². The van der Waals surface area contributed by atoms with E-state index in [4.69, 9.17) is 16.7 Å². The minimum Gasteiger partial charge on any atom is -0.477 e. The van der Waals surface area contributed by atoms with Crippen molar-refractivity contribution in [3.63, 3.8) is 0 Å². The predicted octanol–water partition coefficient (Wildman–Crippen LogP) is 3.59. The Labute approximate surface area is 100 Å². The highest BCUT2D eigenvalue weighted by Crippen LogP contribution is 2.46. The lowest BCUT2D eigenvalue weighted by Crippen LogP contribution is -2.23. The molecule has 88 valence electrons. The van der Waals surface area contributed by atoms with Gasteiger partial charge in [0, 0.05) is 12.2 Å². The maximum atomic E-state index is 11.1. The van der Waals surface area contributed by atoms with Crippen molar-refractivity contribution >= 4 is 17.6 Å². The third kappa shape index (κ3) is 1.84. The van der Waals surface area contributed by atoms with Crippen LogP contribution in [0, 0.1) is 5.41 Å². The molecule has 3 nitrogen and oxygen atoms in total. The molecule has 16 heavy (non-hydrogen) atoms. The second kappa shape index (κ2) is 3.81. The van der Waals surface area contributed by atoms with Crippen LogP contribution in [0.4, 0.5) is 0 Å². The fourth-order valence-electron chi connectivity index (χ4n) is 2.70. The van der Waals surface area contributed by atoms with Gasteiger partial charge in [0.05, 0.1) is 5.02 Å². The predicted molar refractivity (Wildman–Crippen MR) is 63.1 cm³/mol. The summed E-state index contributed by atoms with van der Waals surface area (Å²) in [4.78, 5) is 11.1. The van der Waals surface area contributed by atoms with Crippen LogP contribution in [0.3, 0.4) is 0 Å². The molecule has 0 radical (unpaired) electrons. The molecule has 1 aromatic heterocycles. The summed E-state index contributed by atoms with van der Waals surface area (Å²) in [6.07, 6.45) is 5.04. The molecule has 1 fully saturated rings. The molecule has 0 amide bonds. The summed E-state index contributed by atoms with van der Waals surface area (Å²) in [5.74, 6) is -0.908. The highest BCUT2D eigenvalue weighted by Gasteiger charge is 2.37. The van der Waals surface area contributed by atoms with Gasteiger partial charge in [0.2, 0.25) is 0 Å². The zero-order valence-corrected chi connectivity index (χ0v) is 10.3. The van der Waals surface area contributed by atoms with E-state index in [0.717, 1.165) is 19.3 Å². The van der Waals surface area contributed by atoms with E-state index in [1.165, 1.54) is 6.07 Å². The van der Waals surface area contributed by atoms with Crippen LogP contribution in [0.5, 0.6) is 0 Å². The Bertz CT molecular complexity index is 423. The molecule has 1 heterocycles. The fraction of sp³-hybridized carbons (Fsp3) is 0.583. The van der Waals surface area contributed by atoms with Crippen LogP contribution in [0.2, 0.25) is 5.02 Å². The van der Waals surface area contributed by atoms with Gasteiger partial charge in [-0.15, -0.1) is 0 Å². The van der Waals surface area contributed by atoms with E-state index in [1.807, 2.05) is 4.57 Å². The first-order valence-electron chi connectivity index (χ1n) is 5.52. The Balaban J connectivity index is 2.43. The molecule has 1 N–H and O–H groups in total. The molecule has 0 aliphatic heterocycles. The summed E-state index contributed by atoms with van der Waals surface area (Å²) in [7, 11) is 0.